The Morgan fingerprint density at radius 2 is 2.33 bits per heavy atom. The average Bonchev–Trinajstić information content (AvgIpc) is 2.78. The van der Waals surface area contributed by atoms with Crippen LogP contribution in [0, 0.1) is 5.92 Å². The van der Waals surface area contributed by atoms with Crippen molar-refractivity contribution >= 4 is 5.69 Å². The molecule has 2 N–H and O–H groups in total. The molecule has 2 atom stereocenters. The lowest BCUT2D eigenvalue weighted by atomic mass is 10.1. The van der Waals surface area contributed by atoms with E-state index in [4.69, 9.17) is 0 Å². The topological polar surface area (TPSA) is 24.1 Å². The molecule has 1 aromatic rings. The van der Waals surface area contributed by atoms with Gasteiger partial charge in [0.05, 0.1) is 0 Å². The summed E-state index contributed by atoms with van der Waals surface area (Å²) in [6.45, 7) is 4.43. The Labute approximate surface area is 91.1 Å². The fourth-order valence-corrected chi connectivity index (χ4v) is 2.41. The van der Waals surface area contributed by atoms with Crippen molar-refractivity contribution in [1.29, 1.82) is 0 Å². The number of nitrogens with one attached hydrogen (secondary N) is 2. The van der Waals surface area contributed by atoms with E-state index in [1.165, 1.54) is 29.7 Å². The SMILES string of the molecule is CC1CC1NCc1cccc2c1NCC2. The number of hydrogen-bond donors (Lipinski definition) is 2. The van der Waals surface area contributed by atoms with Gasteiger partial charge in [0, 0.05) is 24.8 Å². The van der Waals surface area contributed by atoms with E-state index in [1.54, 1.807) is 0 Å². The van der Waals surface area contributed by atoms with Gasteiger partial charge in [-0.25, -0.2) is 0 Å². The third-order valence-corrected chi connectivity index (χ3v) is 3.60. The molecule has 2 unspecified atom stereocenters. The lowest BCUT2D eigenvalue weighted by molar-refractivity contribution is 0.653. The van der Waals surface area contributed by atoms with Crippen molar-refractivity contribution in [2.75, 3.05) is 11.9 Å². The van der Waals surface area contributed by atoms with E-state index in [1.807, 2.05) is 0 Å². The standard InChI is InChI=1S/C13H18N2/c1-9-7-12(9)15-8-11-4-2-3-10-5-6-14-13(10)11/h2-4,9,12,14-15H,5-8H2,1H3. The van der Waals surface area contributed by atoms with Crippen LogP contribution in [-0.4, -0.2) is 12.6 Å². The van der Waals surface area contributed by atoms with Gasteiger partial charge in [-0.1, -0.05) is 25.1 Å². The van der Waals surface area contributed by atoms with Crippen molar-refractivity contribution in [3.63, 3.8) is 0 Å². The van der Waals surface area contributed by atoms with E-state index in [0.717, 1.165) is 25.0 Å². The van der Waals surface area contributed by atoms with Crippen LogP contribution < -0.4 is 10.6 Å². The van der Waals surface area contributed by atoms with E-state index in [-0.39, 0.29) is 0 Å². The Morgan fingerprint density at radius 1 is 1.47 bits per heavy atom. The van der Waals surface area contributed by atoms with Gasteiger partial charge in [0.2, 0.25) is 0 Å². The molecule has 0 amide bonds. The summed E-state index contributed by atoms with van der Waals surface area (Å²) in [5.41, 5.74) is 4.31. The van der Waals surface area contributed by atoms with Crippen molar-refractivity contribution < 1.29 is 0 Å². The number of anilines is 1. The summed E-state index contributed by atoms with van der Waals surface area (Å²) in [5.74, 6) is 0.884. The zero-order valence-corrected chi connectivity index (χ0v) is 9.22. The van der Waals surface area contributed by atoms with Gasteiger partial charge in [0.15, 0.2) is 0 Å². The molecule has 0 radical (unpaired) electrons. The second kappa shape index (κ2) is 3.53. The molecule has 1 aromatic carbocycles. The van der Waals surface area contributed by atoms with Crippen LogP contribution in [0.3, 0.4) is 0 Å². The van der Waals surface area contributed by atoms with Crippen molar-refractivity contribution in [3.05, 3.63) is 29.3 Å². The number of fused-ring (bicyclic) bond motifs is 1. The monoisotopic (exact) mass is 202 g/mol. The fraction of sp³-hybridized carbons (Fsp3) is 0.538. The first kappa shape index (κ1) is 9.22. The first-order valence-corrected chi connectivity index (χ1v) is 5.92. The van der Waals surface area contributed by atoms with E-state index >= 15 is 0 Å². The maximum Gasteiger partial charge on any atom is 0.0419 e. The van der Waals surface area contributed by atoms with Gasteiger partial charge in [-0.3, -0.25) is 0 Å². The summed E-state index contributed by atoms with van der Waals surface area (Å²) in [6.07, 6.45) is 2.53. The largest absolute Gasteiger partial charge is 0.384 e. The molecule has 1 heterocycles. The Kier molecular flexibility index (Phi) is 2.17. The molecule has 1 fully saturated rings. The molecule has 0 bridgehead atoms. The van der Waals surface area contributed by atoms with Crippen LogP contribution in [0.4, 0.5) is 5.69 Å². The Hall–Kier alpha value is -1.02. The van der Waals surface area contributed by atoms with Crippen LogP contribution in [0.5, 0.6) is 0 Å². The van der Waals surface area contributed by atoms with Gasteiger partial charge in [0.25, 0.3) is 0 Å². The van der Waals surface area contributed by atoms with Gasteiger partial charge in [-0.15, -0.1) is 0 Å². The summed E-state index contributed by atoms with van der Waals surface area (Å²) in [7, 11) is 0. The third-order valence-electron chi connectivity index (χ3n) is 3.60. The molecule has 0 saturated heterocycles. The summed E-state index contributed by atoms with van der Waals surface area (Å²) in [6, 6.07) is 7.41. The van der Waals surface area contributed by atoms with Crippen molar-refractivity contribution in [3.8, 4) is 0 Å². The van der Waals surface area contributed by atoms with Gasteiger partial charge >= 0.3 is 0 Å². The molecule has 2 aliphatic rings. The highest BCUT2D eigenvalue weighted by atomic mass is 15.0. The van der Waals surface area contributed by atoms with Crippen LogP contribution in [0.15, 0.2) is 18.2 Å². The zero-order chi connectivity index (χ0) is 10.3. The molecule has 0 aromatic heterocycles. The van der Waals surface area contributed by atoms with Gasteiger partial charge in [-0.2, -0.15) is 0 Å². The van der Waals surface area contributed by atoms with E-state index in [0.29, 0.717) is 0 Å². The zero-order valence-electron chi connectivity index (χ0n) is 9.22. The molecular weight excluding hydrogens is 184 g/mol. The van der Waals surface area contributed by atoms with Gasteiger partial charge in [0.1, 0.15) is 0 Å². The molecule has 1 aliphatic heterocycles. The highest BCUT2D eigenvalue weighted by Crippen LogP contribution is 2.31. The summed E-state index contributed by atoms with van der Waals surface area (Å²) in [4.78, 5) is 0. The second-order valence-corrected chi connectivity index (χ2v) is 4.83. The van der Waals surface area contributed by atoms with Crippen molar-refractivity contribution in [1.82, 2.24) is 5.32 Å². The molecule has 1 saturated carbocycles. The molecule has 2 nitrogen and oxygen atoms in total. The van der Waals surface area contributed by atoms with Gasteiger partial charge < -0.3 is 10.6 Å². The van der Waals surface area contributed by atoms with Crippen molar-refractivity contribution in [2.45, 2.75) is 32.4 Å². The number of para-hydroxylation sites is 1. The Bertz CT molecular complexity index is 373. The van der Waals surface area contributed by atoms with E-state index in [9.17, 15) is 0 Å². The first-order chi connectivity index (χ1) is 7.34. The number of rotatable bonds is 3. The average molecular weight is 202 g/mol. The number of hydrogen-bond acceptors (Lipinski definition) is 2. The molecule has 80 valence electrons. The minimum Gasteiger partial charge on any atom is -0.384 e. The smallest absolute Gasteiger partial charge is 0.0419 e. The first-order valence-electron chi connectivity index (χ1n) is 5.92. The lowest BCUT2D eigenvalue weighted by Gasteiger charge is -2.09. The molecular formula is C13H18N2. The second-order valence-electron chi connectivity index (χ2n) is 4.83. The molecule has 1 aliphatic carbocycles. The highest BCUT2D eigenvalue weighted by Gasteiger charge is 2.31. The highest BCUT2D eigenvalue weighted by molar-refractivity contribution is 5.61. The van der Waals surface area contributed by atoms with Crippen LogP contribution >= 0.6 is 0 Å². The summed E-state index contributed by atoms with van der Waals surface area (Å²) in [5, 5.41) is 7.10. The summed E-state index contributed by atoms with van der Waals surface area (Å²) < 4.78 is 0. The van der Waals surface area contributed by atoms with Crippen molar-refractivity contribution in [2.24, 2.45) is 5.92 Å². The predicted octanol–water partition coefficient (Wildman–Crippen LogP) is 2.15. The quantitative estimate of drug-likeness (QED) is 0.785. The summed E-state index contributed by atoms with van der Waals surface area (Å²) >= 11 is 0. The van der Waals surface area contributed by atoms with Gasteiger partial charge in [-0.05, 0) is 29.9 Å². The molecule has 0 spiro atoms. The van der Waals surface area contributed by atoms with Crippen LogP contribution in [-0.2, 0) is 13.0 Å². The molecule has 3 rings (SSSR count). The number of benzene rings is 1. The molecule has 2 heteroatoms. The maximum absolute atomic E-state index is 3.61. The lowest BCUT2D eigenvalue weighted by Crippen LogP contribution is -2.17. The maximum atomic E-state index is 3.61. The normalized spacial score (nSPS) is 27.3. The van der Waals surface area contributed by atoms with Crippen LogP contribution in [0.25, 0.3) is 0 Å². The minimum atomic E-state index is 0.766. The Morgan fingerprint density at radius 3 is 3.13 bits per heavy atom. The van der Waals surface area contributed by atoms with E-state index < -0.39 is 0 Å². The predicted molar refractivity (Wildman–Crippen MR) is 63.0 cm³/mol. The van der Waals surface area contributed by atoms with Crippen LogP contribution in [0.2, 0.25) is 0 Å². The Balaban J connectivity index is 1.72. The fourth-order valence-electron chi connectivity index (χ4n) is 2.41. The molecule has 15 heavy (non-hydrogen) atoms. The van der Waals surface area contributed by atoms with Crippen LogP contribution in [0.1, 0.15) is 24.5 Å². The van der Waals surface area contributed by atoms with E-state index in [2.05, 4.69) is 35.8 Å². The third kappa shape index (κ3) is 1.74. The minimum absolute atomic E-state index is 0.766.